The van der Waals surface area contributed by atoms with Gasteiger partial charge in [0.1, 0.15) is 12.9 Å². The fourth-order valence-electron chi connectivity index (χ4n) is 3.14. The van der Waals surface area contributed by atoms with Gasteiger partial charge in [-0.2, -0.15) is 4.98 Å². The molecule has 3 aromatic rings. The third kappa shape index (κ3) is 4.46. The summed E-state index contributed by atoms with van der Waals surface area (Å²) in [5, 5.41) is 1.68. The van der Waals surface area contributed by atoms with Gasteiger partial charge in [0.2, 0.25) is 4.77 Å². The highest BCUT2D eigenvalue weighted by molar-refractivity contribution is 7.71. The molecule has 0 radical (unpaired) electrons. The van der Waals surface area contributed by atoms with Crippen molar-refractivity contribution in [2.45, 2.75) is 40.2 Å². The van der Waals surface area contributed by atoms with Gasteiger partial charge in [-0.1, -0.05) is 62.4 Å². The summed E-state index contributed by atoms with van der Waals surface area (Å²) in [5.74, 6) is 0.478. The van der Waals surface area contributed by atoms with E-state index in [1.54, 1.807) is 11.4 Å². The van der Waals surface area contributed by atoms with Crippen LogP contribution in [0, 0.1) is 4.77 Å². The summed E-state index contributed by atoms with van der Waals surface area (Å²) in [6.07, 6.45) is 3.61. The molecule has 0 unspecified atom stereocenters. The summed E-state index contributed by atoms with van der Waals surface area (Å²) < 4.78 is 2.38. The summed E-state index contributed by atoms with van der Waals surface area (Å²) in [6.45, 7) is 7.37. The van der Waals surface area contributed by atoms with Crippen molar-refractivity contribution in [1.29, 1.82) is 0 Å². The normalized spacial score (nSPS) is 10.8. The van der Waals surface area contributed by atoms with Crippen LogP contribution in [-0.4, -0.2) is 21.1 Å². The molecule has 6 heteroatoms. The number of benzene rings is 2. The number of rotatable bonds is 8. The van der Waals surface area contributed by atoms with Crippen molar-refractivity contribution >= 4 is 18.2 Å². The summed E-state index contributed by atoms with van der Waals surface area (Å²) in [4.78, 5) is 15.0. The van der Waals surface area contributed by atoms with E-state index in [1.165, 1.54) is 11.1 Å². The minimum Gasteiger partial charge on any atom is -0.275 e. The zero-order valence-corrected chi connectivity index (χ0v) is 17.4. The summed E-state index contributed by atoms with van der Waals surface area (Å²) in [7, 11) is 0. The van der Waals surface area contributed by atoms with Crippen molar-refractivity contribution in [2.24, 2.45) is 0 Å². The molecule has 3 rings (SSSR count). The Labute approximate surface area is 171 Å². The van der Waals surface area contributed by atoms with E-state index in [0.29, 0.717) is 23.9 Å². The number of hydrogen-bond donors (Lipinski definition) is 0. The van der Waals surface area contributed by atoms with Crippen molar-refractivity contribution in [3.63, 3.8) is 0 Å². The molecular formula is C22H26N4OS. The fourth-order valence-corrected chi connectivity index (χ4v) is 3.36. The summed E-state index contributed by atoms with van der Waals surface area (Å²) in [6, 6.07) is 16.4. The standard InChI is InChI=1S/C22H26N4OS/c1-4-18-13-10-14-19(5-2)20(18)25-16-23-21(24-22(25)28)26(6-3)27-15-17-11-8-7-9-12-17/h7-14,16H,4-6,15H2,1-3H3. The van der Waals surface area contributed by atoms with Gasteiger partial charge in [-0.25, -0.2) is 10.0 Å². The van der Waals surface area contributed by atoms with Crippen LogP contribution in [-0.2, 0) is 24.3 Å². The zero-order valence-electron chi connectivity index (χ0n) is 16.6. The van der Waals surface area contributed by atoms with Crippen LogP contribution < -0.4 is 5.06 Å². The van der Waals surface area contributed by atoms with Crippen LogP contribution >= 0.6 is 12.2 Å². The van der Waals surface area contributed by atoms with E-state index in [2.05, 4.69) is 42.0 Å². The Morgan fingerprint density at radius 2 is 1.64 bits per heavy atom. The highest BCUT2D eigenvalue weighted by Gasteiger charge is 2.13. The van der Waals surface area contributed by atoms with Crippen LogP contribution in [0.2, 0.25) is 0 Å². The quantitative estimate of drug-likeness (QED) is 0.394. The Morgan fingerprint density at radius 3 is 2.21 bits per heavy atom. The van der Waals surface area contributed by atoms with Crippen LogP contribution in [0.4, 0.5) is 5.95 Å². The predicted octanol–water partition coefficient (Wildman–Crippen LogP) is 5.08. The second kappa shape index (κ2) is 9.57. The van der Waals surface area contributed by atoms with Crippen LogP contribution in [0.3, 0.4) is 0 Å². The molecule has 28 heavy (non-hydrogen) atoms. The number of hydrogen-bond acceptors (Lipinski definition) is 5. The Morgan fingerprint density at radius 1 is 0.964 bits per heavy atom. The van der Waals surface area contributed by atoms with Crippen LogP contribution in [0.1, 0.15) is 37.5 Å². The lowest BCUT2D eigenvalue weighted by Gasteiger charge is -2.21. The van der Waals surface area contributed by atoms with E-state index in [4.69, 9.17) is 17.1 Å². The Kier molecular flexibility index (Phi) is 6.90. The predicted molar refractivity (Wildman–Crippen MR) is 115 cm³/mol. The van der Waals surface area contributed by atoms with Crippen molar-refractivity contribution < 1.29 is 4.84 Å². The SMILES string of the molecule is CCc1cccc(CC)c1-n1cnc(N(CC)OCc2ccccc2)nc1=S. The number of aromatic nitrogens is 3. The summed E-state index contributed by atoms with van der Waals surface area (Å²) in [5.41, 5.74) is 4.66. The molecule has 146 valence electrons. The monoisotopic (exact) mass is 394 g/mol. The van der Waals surface area contributed by atoms with Gasteiger partial charge in [0.15, 0.2) is 0 Å². The van der Waals surface area contributed by atoms with E-state index in [-0.39, 0.29) is 0 Å². The molecule has 1 aromatic heterocycles. The van der Waals surface area contributed by atoms with Crippen LogP contribution in [0.15, 0.2) is 54.9 Å². The largest absolute Gasteiger partial charge is 0.275 e. The third-order valence-corrected chi connectivity index (χ3v) is 4.92. The van der Waals surface area contributed by atoms with Crippen LogP contribution in [0.25, 0.3) is 5.69 Å². The number of para-hydroxylation sites is 1. The number of hydroxylamine groups is 1. The first-order valence-electron chi connectivity index (χ1n) is 9.69. The van der Waals surface area contributed by atoms with E-state index in [1.807, 2.05) is 41.8 Å². The van der Waals surface area contributed by atoms with Gasteiger partial charge in [0, 0.05) is 6.54 Å². The smallest absolute Gasteiger partial charge is 0.253 e. The average molecular weight is 395 g/mol. The van der Waals surface area contributed by atoms with Crippen molar-refractivity contribution in [2.75, 3.05) is 11.6 Å². The number of aryl methyl sites for hydroxylation is 2. The molecule has 0 N–H and O–H groups in total. The van der Waals surface area contributed by atoms with E-state index < -0.39 is 0 Å². The second-order valence-corrected chi connectivity index (χ2v) is 6.76. The molecule has 0 spiro atoms. The molecule has 5 nitrogen and oxygen atoms in total. The van der Waals surface area contributed by atoms with Crippen molar-refractivity contribution in [3.05, 3.63) is 76.3 Å². The molecule has 0 aliphatic heterocycles. The van der Waals surface area contributed by atoms with Crippen molar-refractivity contribution in [3.8, 4) is 5.69 Å². The molecule has 0 saturated carbocycles. The molecule has 0 aliphatic rings. The minimum absolute atomic E-state index is 0.457. The maximum Gasteiger partial charge on any atom is 0.253 e. The molecule has 0 saturated heterocycles. The molecular weight excluding hydrogens is 368 g/mol. The third-order valence-electron chi connectivity index (χ3n) is 4.64. The molecule has 2 aromatic carbocycles. The van der Waals surface area contributed by atoms with Gasteiger partial charge < -0.3 is 0 Å². The average Bonchev–Trinajstić information content (AvgIpc) is 2.74. The highest BCUT2D eigenvalue weighted by Crippen LogP contribution is 2.22. The van der Waals surface area contributed by atoms with Gasteiger partial charge in [0.25, 0.3) is 5.95 Å². The fraction of sp³-hybridized carbons (Fsp3) is 0.318. The molecule has 0 fully saturated rings. The lowest BCUT2D eigenvalue weighted by molar-refractivity contribution is 0.0933. The summed E-state index contributed by atoms with van der Waals surface area (Å²) >= 11 is 5.61. The zero-order chi connectivity index (χ0) is 19.9. The molecule has 0 aliphatic carbocycles. The van der Waals surface area contributed by atoms with Crippen molar-refractivity contribution in [1.82, 2.24) is 14.5 Å². The van der Waals surface area contributed by atoms with E-state index in [9.17, 15) is 0 Å². The molecule has 1 heterocycles. The van der Waals surface area contributed by atoms with Gasteiger partial charge >= 0.3 is 0 Å². The Balaban J connectivity index is 1.89. The van der Waals surface area contributed by atoms with Crippen LogP contribution in [0.5, 0.6) is 0 Å². The lowest BCUT2D eigenvalue weighted by Crippen LogP contribution is -2.26. The molecule has 0 atom stereocenters. The first-order valence-corrected chi connectivity index (χ1v) is 10.1. The number of nitrogens with zero attached hydrogens (tertiary/aromatic N) is 4. The maximum atomic E-state index is 5.91. The van der Waals surface area contributed by atoms with Gasteiger partial charge in [-0.15, -0.1) is 0 Å². The van der Waals surface area contributed by atoms with Gasteiger partial charge in [-0.05, 0) is 48.7 Å². The molecule has 0 bridgehead atoms. The van der Waals surface area contributed by atoms with E-state index >= 15 is 0 Å². The maximum absolute atomic E-state index is 5.91. The Bertz CT molecular complexity index is 950. The Hall–Kier alpha value is -2.57. The number of anilines is 1. The first-order chi connectivity index (χ1) is 13.7. The topological polar surface area (TPSA) is 43.2 Å². The lowest BCUT2D eigenvalue weighted by atomic mass is 10.0. The van der Waals surface area contributed by atoms with Gasteiger partial charge in [-0.3, -0.25) is 9.40 Å². The minimum atomic E-state index is 0.457. The molecule has 0 amide bonds. The highest BCUT2D eigenvalue weighted by atomic mass is 32.1. The second-order valence-electron chi connectivity index (χ2n) is 6.39. The first kappa shape index (κ1) is 20.2. The van der Waals surface area contributed by atoms with E-state index in [0.717, 1.165) is 24.1 Å². The van der Waals surface area contributed by atoms with Gasteiger partial charge in [0.05, 0.1) is 5.69 Å².